The number of carbonyl (C=O) groups is 1. The van der Waals surface area contributed by atoms with Crippen LogP contribution in [0.3, 0.4) is 0 Å². The van der Waals surface area contributed by atoms with Crippen LogP contribution in [0, 0.1) is 46.8 Å². The molecule has 4 heteroatoms. The fourth-order valence-corrected chi connectivity index (χ4v) is 1.15. The number of thiol groups is 1. The number of ether oxygens (including phenoxy) is 1. The maximum Gasteiger partial charge on any atom is 0.315 e. The number of hydrogen-bond donors (Lipinski definition) is 1. The molecule has 0 radical (unpaired) electrons. The van der Waals surface area contributed by atoms with E-state index in [0.29, 0.717) is 6.61 Å². The van der Waals surface area contributed by atoms with Gasteiger partial charge < -0.3 is 4.74 Å². The Bertz CT molecular complexity index is 140. The van der Waals surface area contributed by atoms with Crippen LogP contribution < -0.4 is 0 Å². The molecule has 0 spiro atoms. The average molecular weight is 349 g/mol. The first kappa shape index (κ1) is 17.6. The van der Waals surface area contributed by atoms with E-state index in [1.54, 1.807) is 0 Å². The van der Waals surface area contributed by atoms with Crippen molar-refractivity contribution in [1.82, 2.24) is 0 Å². The average Bonchev–Trinajstić information content (AvgIpc) is 2.10. The predicted molar refractivity (Wildman–Crippen MR) is 58.1 cm³/mol. The van der Waals surface area contributed by atoms with Gasteiger partial charge in [-0.05, 0) is 12.3 Å². The molecule has 0 N–H and O–H groups in total. The number of hydrogen-bond acceptors (Lipinski definition) is 3. The van der Waals surface area contributed by atoms with Crippen molar-refractivity contribution in [3.05, 3.63) is 0 Å². The molecule has 0 aliphatic rings. The van der Waals surface area contributed by atoms with E-state index < -0.39 is 0 Å². The van der Waals surface area contributed by atoms with Gasteiger partial charge in [0.25, 0.3) is 0 Å². The molecule has 0 saturated heterocycles. The monoisotopic (exact) mass is 346 g/mol. The van der Waals surface area contributed by atoms with Crippen LogP contribution in [0.5, 0.6) is 0 Å². The van der Waals surface area contributed by atoms with Crippen molar-refractivity contribution in [2.75, 3.05) is 12.4 Å². The number of esters is 1. The Labute approximate surface area is 125 Å². The van der Waals surface area contributed by atoms with E-state index in [1.165, 1.54) is 12.8 Å². The summed E-state index contributed by atoms with van der Waals surface area (Å²) in [4.78, 5) is 10.7. The summed E-state index contributed by atoms with van der Waals surface area (Å²) in [6, 6.07) is 0. The Morgan fingerprint density at radius 2 is 1.93 bits per heavy atom. The summed E-state index contributed by atoms with van der Waals surface area (Å²) in [7, 11) is 0. The van der Waals surface area contributed by atoms with Gasteiger partial charge in [-0.1, -0.05) is 33.1 Å². The SMILES string of the molecule is CC(C)CCCCCOC(=O)CS.[Nd]. The van der Waals surface area contributed by atoms with Gasteiger partial charge in [-0.25, -0.2) is 0 Å². The first-order valence-electron chi connectivity index (χ1n) is 4.93. The second-order valence-corrected chi connectivity index (χ2v) is 3.94. The van der Waals surface area contributed by atoms with E-state index >= 15 is 0 Å². The first-order valence-corrected chi connectivity index (χ1v) is 5.56. The Morgan fingerprint density at radius 3 is 2.43 bits per heavy atom. The standard InChI is InChI=1S/C10H20O2S.Nd/c1-9(2)6-4-3-5-7-12-10(11)8-13;/h9,13H,3-8H2,1-2H3;. The number of carbonyl (C=O) groups excluding carboxylic acids is 1. The van der Waals surface area contributed by atoms with Crippen molar-refractivity contribution in [3.63, 3.8) is 0 Å². The van der Waals surface area contributed by atoms with Gasteiger partial charge in [0, 0.05) is 40.8 Å². The molecule has 0 saturated carbocycles. The van der Waals surface area contributed by atoms with E-state index in [2.05, 4.69) is 26.5 Å². The molecule has 0 aromatic carbocycles. The second kappa shape index (κ2) is 12.2. The zero-order chi connectivity index (χ0) is 10.1. The molecule has 0 atom stereocenters. The van der Waals surface area contributed by atoms with Crippen LogP contribution in [-0.4, -0.2) is 18.3 Å². The van der Waals surface area contributed by atoms with Crippen LogP contribution in [0.2, 0.25) is 0 Å². The summed E-state index contributed by atoms with van der Waals surface area (Å²) in [6.07, 6.45) is 4.63. The van der Waals surface area contributed by atoms with E-state index in [1.807, 2.05) is 0 Å². The number of rotatable bonds is 7. The van der Waals surface area contributed by atoms with Gasteiger partial charge in [0.2, 0.25) is 0 Å². The van der Waals surface area contributed by atoms with Gasteiger partial charge in [-0.3, -0.25) is 4.79 Å². The Morgan fingerprint density at radius 1 is 1.29 bits per heavy atom. The predicted octanol–water partition coefficient (Wildman–Crippen LogP) is 2.68. The minimum absolute atomic E-state index is 0. The van der Waals surface area contributed by atoms with Crippen molar-refractivity contribution >= 4 is 18.6 Å². The maximum atomic E-state index is 10.7. The molecule has 0 fully saturated rings. The largest absolute Gasteiger partial charge is 0.465 e. The van der Waals surface area contributed by atoms with Crippen molar-refractivity contribution < 1.29 is 50.4 Å². The van der Waals surface area contributed by atoms with Gasteiger partial charge in [-0.15, -0.1) is 0 Å². The summed E-state index contributed by atoms with van der Waals surface area (Å²) in [5.74, 6) is 0.749. The Kier molecular flexibility index (Phi) is 15.4. The minimum atomic E-state index is -0.216. The van der Waals surface area contributed by atoms with E-state index in [9.17, 15) is 4.79 Å². The fourth-order valence-electron chi connectivity index (χ4n) is 1.06. The molecule has 0 amide bonds. The van der Waals surface area contributed by atoms with Crippen molar-refractivity contribution in [1.29, 1.82) is 0 Å². The van der Waals surface area contributed by atoms with Crippen LogP contribution in [0.4, 0.5) is 0 Å². The topological polar surface area (TPSA) is 26.3 Å². The summed E-state index contributed by atoms with van der Waals surface area (Å²) in [5.41, 5.74) is 0. The van der Waals surface area contributed by atoms with Gasteiger partial charge in [0.05, 0.1) is 12.4 Å². The third-order valence-corrected chi connectivity index (χ3v) is 2.08. The molecular formula is C10H20NdO2S. The summed E-state index contributed by atoms with van der Waals surface area (Å²) >= 11 is 3.81. The van der Waals surface area contributed by atoms with E-state index in [4.69, 9.17) is 4.74 Å². The van der Waals surface area contributed by atoms with Crippen LogP contribution in [0.25, 0.3) is 0 Å². The van der Waals surface area contributed by atoms with Gasteiger partial charge >= 0.3 is 5.97 Å². The van der Waals surface area contributed by atoms with Crippen LogP contribution >= 0.6 is 12.6 Å². The van der Waals surface area contributed by atoms with Crippen molar-refractivity contribution in [3.8, 4) is 0 Å². The molecule has 0 bridgehead atoms. The van der Waals surface area contributed by atoms with Gasteiger partial charge in [0.15, 0.2) is 0 Å². The molecule has 0 aromatic rings. The normalized spacial score (nSPS) is 9.71. The quantitative estimate of drug-likeness (QED) is 0.435. The molecule has 0 heterocycles. The Hall–Kier alpha value is 1.17. The second-order valence-electron chi connectivity index (χ2n) is 3.62. The fraction of sp³-hybridized carbons (Fsp3) is 0.900. The third kappa shape index (κ3) is 13.2. The molecule has 82 valence electrons. The summed E-state index contributed by atoms with van der Waals surface area (Å²) in [5, 5.41) is 0. The number of unbranched alkanes of at least 4 members (excludes halogenated alkanes) is 2. The van der Waals surface area contributed by atoms with E-state index in [-0.39, 0.29) is 52.6 Å². The van der Waals surface area contributed by atoms with Gasteiger partial charge in [-0.2, -0.15) is 12.6 Å². The molecule has 0 aliphatic carbocycles. The first-order chi connectivity index (χ1) is 6.16. The molecule has 0 rings (SSSR count). The molecule has 2 nitrogen and oxygen atoms in total. The smallest absolute Gasteiger partial charge is 0.315 e. The summed E-state index contributed by atoms with van der Waals surface area (Å²) < 4.78 is 4.88. The van der Waals surface area contributed by atoms with Crippen LogP contribution in [-0.2, 0) is 9.53 Å². The van der Waals surface area contributed by atoms with Crippen molar-refractivity contribution in [2.24, 2.45) is 5.92 Å². The zero-order valence-corrected chi connectivity index (χ0v) is 13.2. The third-order valence-electron chi connectivity index (χ3n) is 1.82. The van der Waals surface area contributed by atoms with Gasteiger partial charge in [0.1, 0.15) is 0 Å². The maximum absolute atomic E-state index is 10.7. The zero-order valence-electron chi connectivity index (χ0n) is 9.08. The molecule has 14 heavy (non-hydrogen) atoms. The summed E-state index contributed by atoms with van der Waals surface area (Å²) in [6.45, 7) is 5.00. The molecule has 0 aliphatic heterocycles. The minimum Gasteiger partial charge on any atom is -0.465 e. The van der Waals surface area contributed by atoms with Crippen molar-refractivity contribution in [2.45, 2.75) is 39.5 Å². The molecule has 0 unspecified atom stereocenters. The molecular weight excluding hydrogens is 328 g/mol. The van der Waals surface area contributed by atoms with Crippen LogP contribution in [0.1, 0.15) is 39.5 Å². The van der Waals surface area contributed by atoms with E-state index in [0.717, 1.165) is 18.8 Å². The molecule has 0 aromatic heterocycles. The van der Waals surface area contributed by atoms with Crippen LogP contribution in [0.15, 0.2) is 0 Å². The Balaban J connectivity index is 0.